The van der Waals surface area contributed by atoms with Crippen molar-refractivity contribution < 1.29 is 39.6 Å². The van der Waals surface area contributed by atoms with Crippen LogP contribution in [0.5, 0.6) is 11.5 Å². The molecule has 39 heavy (non-hydrogen) atoms. The van der Waals surface area contributed by atoms with E-state index in [1.165, 1.54) is 49.2 Å². The number of unbranched alkanes of at least 4 members (excludes halogenated alkanes) is 8. The Morgan fingerprint density at radius 3 is 1.23 bits per heavy atom. The van der Waals surface area contributed by atoms with Crippen LogP contribution in [-0.4, -0.2) is 56.8 Å². The van der Waals surface area contributed by atoms with Gasteiger partial charge in [0.05, 0.1) is 11.9 Å². The van der Waals surface area contributed by atoms with Crippen molar-refractivity contribution in [3.05, 3.63) is 58.7 Å². The molecular weight excluding hydrogens is 513 g/mol. The largest absolute Gasteiger partial charge is 2.00 e. The minimum atomic E-state index is -1.48. The molecule has 0 heterocycles. The number of carbonyl (C=O) groups is 4. The summed E-state index contributed by atoms with van der Waals surface area (Å²) in [6.45, 7) is 4.26. The van der Waals surface area contributed by atoms with Gasteiger partial charge in [-0.25, -0.2) is 0 Å². The van der Waals surface area contributed by atoms with Gasteiger partial charge >= 0.3 is 23.1 Å². The van der Waals surface area contributed by atoms with Crippen LogP contribution in [0.2, 0.25) is 0 Å². The summed E-state index contributed by atoms with van der Waals surface area (Å²) in [6, 6.07) is 7.68. The Balaban J connectivity index is 0.000000722. The number of carboxylic acids is 2. The van der Waals surface area contributed by atoms with Crippen LogP contribution in [-0.2, 0) is 0 Å². The molecule has 0 aliphatic heterocycles. The molecule has 0 radical (unpaired) electrons. The van der Waals surface area contributed by atoms with Gasteiger partial charge in [-0.3, -0.25) is 9.59 Å². The molecule has 0 amide bonds. The Morgan fingerprint density at radius 1 is 0.590 bits per heavy atom. The van der Waals surface area contributed by atoms with Gasteiger partial charge in [0.15, 0.2) is 11.6 Å². The molecule has 208 valence electrons. The first-order chi connectivity index (χ1) is 18.1. The van der Waals surface area contributed by atoms with Crippen LogP contribution in [0.15, 0.2) is 36.4 Å². The van der Waals surface area contributed by atoms with Crippen molar-refractivity contribution in [1.82, 2.24) is 0 Å². The number of hydrogen-bond acceptors (Lipinski definition) is 8. The molecule has 0 saturated heterocycles. The smallest absolute Gasteiger partial charge is 0.545 e. The van der Waals surface area contributed by atoms with Crippen molar-refractivity contribution >= 4 is 46.6 Å². The Morgan fingerprint density at radius 2 is 0.923 bits per heavy atom. The van der Waals surface area contributed by atoms with Gasteiger partial charge in [-0.15, -0.1) is 0 Å². The molecule has 2 aromatic carbocycles. The Labute approximate surface area is 246 Å². The molecule has 8 nitrogen and oxygen atoms in total. The van der Waals surface area contributed by atoms with Gasteiger partial charge in [0.2, 0.25) is 0 Å². The standard InChI is InChI=1S/2C15H20O4.Mg/c2*1-2-3-4-5-6-7-13(16)11-8-9-14(17)12(10-11)15(18)19;/h2*8-10,17H,2-7H2,1H3,(H,18,19);/q;;+2/p-2. The SMILES string of the molecule is CCCCCCCC(=O)c1ccc(O)c(C(=O)[O-])c1.CCCCCCCC(=O)c1ccc(O)c(C(=O)[O-])c1.[Mg+2]. The van der Waals surface area contributed by atoms with Gasteiger partial charge in [0.1, 0.15) is 11.5 Å². The van der Waals surface area contributed by atoms with E-state index in [1.807, 2.05) is 0 Å². The number of carboxylic acid groups (broad SMARTS) is 2. The molecule has 2 rings (SSSR count). The number of ketones is 2. The van der Waals surface area contributed by atoms with Crippen LogP contribution in [0.25, 0.3) is 0 Å². The van der Waals surface area contributed by atoms with E-state index in [2.05, 4.69) is 13.8 Å². The summed E-state index contributed by atoms with van der Waals surface area (Å²) in [6.07, 6.45) is 11.3. The van der Waals surface area contributed by atoms with Crippen molar-refractivity contribution in [2.45, 2.75) is 90.9 Å². The molecule has 0 unspecified atom stereocenters. The summed E-state index contributed by atoms with van der Waals surface area (Å²) in [5.74, 6) is -3.90. The van der Waals surface area contributed by atoms with Crippen LogP contribution in [0.4, 0.5) is 0 Å². The van der Waals surface area contributed by atoms with Crippen molar-refractivity contribution in [3.8, 4) is 11.5 Å². The van der Waals surface area contributed by atoms with Crippen molar-refractivity contribution in [2.24, 2.45) is 0 Å². The molecule has 0 saturated carbocycles. The minimum absolute atomic E-state index is 0. The molecule has 0 fully saturated rings. The predicted molar refractivity (Wildman–Crippen MR) is 146 cm³/mol. The topological polar surface area (TPSA) is 155 Å². The number of hydrogen-bond donors (Lipinski definition) is 2. The van der Waals surface area contributed by atoms with Crippen molar-refractivity contribution in [1.29, 1.82) is 0 Å². The first-order valence-electron chi connectivity index (χ1n) is 13.3. The average Bonchev–Trinajstić information content (AvgIpc) is 2.88. The minimum Gasteiger partial charge on any atom is -0.545 e. The zero-order valence-corrected chi connectivity index (χ0v) is 24.4. The molecule has 0 aromatic heterocycles. The monoisotopic (exact) mass is 550 g/mol. The molecule has 2 N–H and O–H groups in total. The van der Waals surface area contributed by atoms with E-state index in [9.17, 15) is 39.6 Å². The molecule has 2 aromatic rings. The van der Waals surface area contributed by atoms with Gasteiger partial charge in [0.25, 0.3) is 0 Å². The molecule has 0 atom stereocenters. The van der Waals surface area contributed by atoms with Crippen LogP contribution < -0.4 is 10.2 Å². The van der Waals surface area contributed by atoms with Gasteiger partial charge in [-0.05, 0) is 49.2 Å². The molecular formula is C30H38MgO8. The fourth-order valence-electron chi connectivity index (χ4n) is 3.81. The van der Waals surface area contributed by atoms with E-state index in [0.717, 1.165) is 51.4 Å². The van der Waals surface area contributed by atoms with E-state index in [-0.39, 0.29) is 57.2 Å². The number of Topliss-reactive ketones (excluding diaryl/α,β-unsaturated/α-hetero) is 2. The second-order valence-corrected chi connectivity index (χ2v) is 9.21. The average molecular weight is 551 g/mol. The summed E-state index contributed by atoms with van der Waals surface area (Å²) in [5, 5.41) is 40.1. The summed E-state index contributed by atoms with van der Waals surface area (Å²) in [7, 11) is 0. The number of benzene rings is 2. The van der Waals surface area contributed by atoms with Crippen LogP contribution in [0, 0.1) is 0 Å². The molecule has 0 spiro atoms. The van der Waals surface area contributed by atoms with E-state index < -0.39 is 11.9 Å². The normalized spacial score (nSPS) is 10.1. The summed E-state index contributed by atoms with van der Waals surface area (Å²) in [4.78, 5) is 45.2. The second kappa shape index (κ2) is 20.1. The van der Waals surface area contributed by atoms with Crippen molar-refractivity contribution in [2.75, 3.05) is 0 Å². The van der Waals surface area contributed by atoms with Gasteiger partial charge < -0.3 is 30.0 Å². The zero-order valence-electron chi connectivity index (χ0n) is 23.0. The number of phenols is 2. The molecule has 9 heteroatoms. The van der Waals surface area contributed by atoms with Gasteiger partial charge in [-0.1, -0.05) is 65.2 Å². The quantitative estimate of drug-likeness (QED) is 0.179. The van der Waals surface area contributed by atoms with E-state index in [1.54, 1.807) is 0 Å². The van der Waals surface area contributed by atoms with Crippen LogP contribution in [0.1, 0.15) is 132 Å². The van der Waals surface area contributed by atoms with Crippen molar-refractivity contribution in [3.63, 3.8) is 0 Å². The number of carbonyl (C=O) groups excluding carboxylic acids is 4. The molecule has 0 bridgehead atoms. The first-order valence-corrected chi connectivity index (χ1v) is 13.3. The van der Waals surface area contributed by atoms with E-state index >= 15 is 0 Å². The summed E-state index contributed by atoms with van der Waals surface area (Å²) < 4.78 is 0. The fourth-order valence-corrected chi connectivity index (χ4v) is 3.81. The van der Waals surface area contributed by atoms with E-state index in [0.29, 0.717) is 24.0 Å². The Kier molecular flexibility index (Phi) is 18.6. The maximum atomic E-state index is 11.9. The number of aromatic carboxylic acids is 2. The molecule has 0 aliphatic rings. The number of rotatable bonds is 16. The summed E-state index contributed by atoms with van der Waals surface area (Å²) in [5.41, 5.74) is -0.0475. The Hall–Kier alpha value is -2.91. The van der Waals surface area contributed by atoms with Crippen LogP contribution >= 0.6 is 0 Å². The third kappa shape index (κ3) is 13.6. The number of aromatic hydroxyl groups is 2. The third-order valence-corrected chi connectivity index (χ3v) is 6.09. The predicted octanol–water partition coefficient (Wildman–Crippen LogP) is 4.22. The zero-order chi connectivity index (χ0) is 28.5. The van der Waals surface area contributed by atoms with Crippen LogP contribution in [0.3, 0.4) is 0 Å². The Bertz CT molecular complexity index is 995. The maximum absolute atomic E-state index is 11.9. The first kappa shape index (κ1) is 36.1. The second-order valence-electron chi connectivity index (χ2n) is 9.21. The van der Waals surface area contributed by atoms with Gasteiger partial charge in [-0.2, -0.15) is 0 Å². The van der Waals surface area contributed by atoms with Gasteiger partial charge in [0, 0.05) is 35.1 Å². The maximum Gasteiger partial charge on any atom is 2.00 e. The molecule has 0 aliphatic carbocycles. The summed E-state index contributed by atoms with van der Waals surface area (Å²) >= 11 is 0. The fraction of sp³-hybridized carbons (Fsp3) is 0.467. The third-order valence-electron chi connectivity index (χ3n) is 6.09. The van der Waals surface area contributed by atoms with E-state index in [4.69, 9.17) is 0 Å².